The average Bonchev–Trinajstić information content (AvgIpc) is 2.53. The highest BCUT2D eigenvalue weighted by atomic mass is 79.9. The van der Waals surface area contributed by atoms with E-state index in [4.69, 9.17) is 9.47 Å². The number of carbonyl (C=O) groups is 1. The van der Waals surface area contributed by atoms with E-state index in [9.17, 15) is 4.79 Å². The molecule has 0 bridgehead atoms. The molecule has 0 saturated heterocycles. The van der Waals surface area contributed by atoms with Crippen molar-refractivity contribution in [1.29, 1.82) is 0 Å². The molecule has 0 aliphatic heterocycles. The highest BCUT2D eigenvalue weighted by molar-refractivity contribution is 9.09. The van der Waals surface area contributed by atoms with E-state index in [-0.39, 0.29) is 5.78 Å². The average molecular weight is 336 g/mol. The molecular formula is C15H14BrNO3. The maximum absolute atomic E-state index is 12.4. The lowest BCUT2D eigenvalue weighted by Gasteiger charge is -2.12. The van der Waals surface area contributed by atoms with E-state index in [1.807, 2.05) is 0 Å². The molecule has 0 aliphatic carbocycles. The van der Waals surface area contributed by atoms with Gasteiger partial charge in [0, 0.05) is 18.0 Å². The summed E-state index contributed by atoms with van der Waals surface area (Å²) < 4.78 is 10.4. The van der Waals surface area contributed by atoms with Gasteiger partial charge in [-0.05, 0) is 35.9 Å². The van der Waals surface area contributed by atoms with Crippen LogP contribution in [0.5, 0.6) is 11.5 Å². The Labute approximate surface area is 125 Å². The van der Waals surface area contributed by atoms with Gasteiger partial charge in [0.15, 0.2) is 17.3 Å². The van der Waals surface area contributed by atoms with Crippen molar-refractivity contribution >= 4 is 21.7 Å². The third kappa shape index (κ3) is 2.99. The minimum Gasteiger partial charge on any atom is -0.493 e. The third-order valence-electron chi connectivity index (χ3n) is 2.90. The molecule has 0 aliphatic rings. The molecule has 1 atom stereocenters. The van der Waals surface area contributed by atoms with Crippen LogP contribution in [0.2, 0.25) is 0 Å². The van der Waals surface area contributed by atoms with Gasteiger partial charge in [-0.25, -0.2) is 0 Å². The lowest BCUT2D eigenvalue weighted by molar-refractivity contribution is 0.0991. The number of alkyl halides is 1. The van der Waals surface area contributed by atoms with Crippen LogP contribution in [0.1, 0.15) is 20.7 Å². The Bertz CT molecular complexity index is 601. The van der Waals surface area contributed by atoms with Gasteiger partial charge in [0.05, 0.1) is 14.2 Å². The fraction of sp³-hybridized carbons (Fsp3) is 0.200. The molecule has 0 amide bonds. The number of pyridine rings is 1. The van der Waals surface area contributed by atoms with Crippen molar-refractivity contribution in [2.45, 2.75) is 4.83 Å². The van der Waals surface area contributed by atoms with Crippen molar-refractivity contribution in [2.24, 2.45) is 0 Å². The molecular weight excluding hydrogens is 322 g/mol. The predicted octanol–water partition coefficient (Wildman–Crippen LogP) is 3.42. The molecule has 0 N–H and O–H groups in total. The number of halogens is 1. The van der Waals surface area contributed by atoms with Crippen LogP contribution in [0.15, 0.2) is 42.7 Å². The molecule has 0 saturated carbocycles. The van der Waals surface area contributed by atoms with E-state index in [2.05, 4.69) is 20.9 Å². The van der Waals surface area contributed by atoms with Gasteiger partial charge in [0.1, 0.15) is 4.83 Å². The van der Waals surface area contributed by atoms with Gasteiger partial charge < -0.3 is 9.47 Å². The largest absolute Gasteiger partial charge is 0.493 e. The highest BCUT2D eigenvalue weighted by Crippen LogP contribution is 2.32. The lowest BCUT2D eigenvalue weighted by atomic mass is 10.0. The van der Waals surface area contributed by atoms with E-state index in [1.54, 1.807) is 56.9 Å². The summed E-state index contributed by atoms with van der Waals surface area (Å²) in [5.41, 5.74) is 1.42. The fourth-order valence-corrected chi connectivity index (χ4v) is 2.39. The van der Waals surface area contributed by atoms with Gasteiger partial charge >= 0.3 is 0 Å². The smallest absolute Gasteiger partial charge is 0.181 e. The number of ether oxygens (including phenoxy) is 2. The van der Waals surface area contributed by atoms with E-state index >= 15 is 0 Å². The Balaban J connectivity index is 2.29. The topological polar surface area (TPSA) is 48.4 Å². The van der Waals surface area contributed by atoms with Crippen molar-refractivity contribution in [3.05, 3.63) is 53.9 Å². The van der Waals surface area contributed by atoms with E-state index in [0.717, 1.165) is 5.56 Å². The van der Waals surface area contributed by atoms with Crippen LogP contribution in [0.4, 0.5) is 0 Å². The van der Waals surface area contributed by atoms with Crippen molar-refractivity contribution in [3.63, 3.8) is 0 Å². The lowest BCUT2D eigenvalue weighted by Crippen LogP contribution is -2.07. The molecule has 0 fully saturated rings. The first-order chi connectivity index (χ1) is 9.67. The Morgan fingerprint density at radius 3 is 2.35 bits per heavy atom. The monoisotopic (exact) mass is 335 g/mol. The molecule has 0 radical (unpaired) electrons. The fourth-order valence-electron chi connectivity index (χ4n) is 1.82. The molecule has 104 valence electrons. The maximum Gasteiger partial charge on any atom is 0.181 e. The molecule has 20 heavy (non-hydrogen) atoms. The van der Waals surface area contributed by atoms with Crippen LogP contribution in [0, 0.1) is 0 Å². The van der Waals surface area contributed by atoms with Crippen LogP contribution < -0.4 is 9.47 Å². The number of nitrogens with zero attached hydrogens (tertiary/aromatic N) is 1. The standard InChI is InChI=1S/C15H14BrNO3/c1-19-12-4-3-11(9-13(12)20-2)15(18)14(16)10-5-7-17-8-6-10/h3-9,14H,1-2H3. The van der Waals surface area contributed by atoms with Crippen LogP contribution in [-0.2, 0) is 0 Å². The summed E-state index contributed by atoms with van der Waals surface area (Å²) in [4.78, 5) is 16.0. The van der Waals surface area contributed by atoms with E-state index in [0.29, 0.717) is 17.1 Å². The van der Waals surface area contributed by atoms with Crippen molar-refractivity contribution < 1.29 is 14.3 Å². The van der Waals surface area contributed by atoms with E-state index in [1.165, 1.54) is 0 Å². The van der Waals surface area contributed by atoms with Crippen LogP contribution in [0.3, 0.4) is 0 Å². The number of aromatic nitrogens is 1. The minimum absolute atomic E-state index is 0.0443. The van der Waals surface area contributed by atoms with Gasteiger partial charge in [-0.1, -0.05) is 15.9 Å². The normalized spacial score (nSPS) is 11.8. The molecule has 2 rings (SSSR count). The summed E-state index contributed by atoms with van der Waals surface area (Å²) in [5.74, 6) is 1.09. The first-order valence-corrected chi connectivity index (χ1v) is 6.89. The summed E-state index contributed by atoms with van der Waals surface area (Å²) in [7, 11) is 3.10. The first kappa shape index (κ1) is 14.5. The van der Waals surface area contributed by atoms with Gasteiger partial charge in [0.25, 0.3) is 0 Å². The molecule has 1 aromatic heterocycles. The Kier molecular flexibility index (Phi) is 4.74. The van der Waals surface area contributed by atoms with Gasteiger partial charge in [-0.3, -0.25) is 9.78 Å². The predicted molar refractivity (Wildman–Crippen MR) is 79.8 cm³/mol. The van der Waals surface area contributed by atoms with Gasteiger partial charge in [-0.2, -0.15) is 0 Å². The molecule has 1 unspecified atom stereocenters. The number of rotatable bonds is 5. The summed E-state index contributed by atoms with van der Waals surface area (Å²) >= 11 is 3.42. The zero-order valence-electron chi connectivity index (χ0n) is 11.2. The van der Waals surface area contributed by atoms with Crippen molar-refractivity contribution in [3.8, 4) is 11.5 Å². The van der Waals surface area contributed by atoms with Crippen LogP contribution in [-0.4, -0.2) is 25.0 Å². The Morgan fingerprint density at radius 2 is 1.75 bits per heavy atom. The first-order valence-electron chi connectivity index (χ1n) is 5.97. The van der Waals surface area contributed by atoms with Gasteiger partial charge in [-0.15, -0.1) is 0 Å². The minimum atomic E-state index is -0.413. The number of methoxy groups -OCH3 is 2. The number of benzene rings is 1. The second kappa shape index (κ2) is 6.52. The third-order valence-corrected chi connectivity index (χ3v) is 3.84. The van der Waals surface area contributed by atoms with Crippen molar-refractivity contribution in [2.75, 3.05) is 14.2 Å². The molecule has 5 heteroatoms. The number of hydrogen-bond acceptors (Lipinski definition) is 4. The molecule has 4 nitrogen and oxygen atoms in total. The number of ketones is 1. The zero-order chi connectivity index (χ0) is 14.5. The Hall–Kier alpha value is -1.88. The quantitative estimate of drug-likeness (QED) is 0.620. The van der Waals surface area contributed by atoms with Crippen LogP contribution >= 0.6 is 15.9 Å². The second-order valence-electron chi connectivity index (χ2n) is 4.08. The summed E-state index contributed by atoms with van der Waals surface area (Å²) in [6.45, 7) is 0. The van der Waals surface area contributed by atoms with Crippen LogP contribution in [0.25, 0.3) is 0 Å². The summed E-state index contributed by atoms with van der Waals surface area (Å²) in [5, 5.41) is 0. The zero-order valence-corrected chi connectivity index (χ0v) is 12.8. The highest BCUT2D eigenvalue weighted by Gasteiger charge is 2.20. The molecule has 2 aromatic rings. The number of hydrogen-bond donors (Lipinski definition) is 0. The number of carbonyl (C=O) groups excluding carboxylic acids is 1. The van der Waals surface area contributed by atoms with E-state index < -0.39 is 4.83 Å². The van der Waals surface area contributed by atoms with Gasteiger partial charge in [0.2, 0.25) is 0 Å². The second-order valence-corrected chi connectivity index (χ2v) is 4.99. The Morgan fingerprint density at radius 1 is 1.10 bits per heavy atom. The van der Waals surface area contributed by atoms with Crippen molar-refractivity contribution in [1.82, 2.24) is 4.98 Å². The number of Topliss-reactive ketones (excluding diaryl/α,β-unsaturated/α-hetero) is 1. The SMILES string of the molecule is COc1ccc(C(=O)C(Br)c2ccncc2)cc1OC. The summed E-state index contributed by atoms with van der Waals surface area (Å²) in [6, 6.07) is 8.73. The maximum atomic E-state index is 12.4. The molecule has 0 spiro atoms. The summed E-state index contributed by atoms with van der Waals surface area (Å²) in [6.07, 6.45) is 3.32. The molecule has 1 aromatic carbocycles. The molecule has 1 heterocycles.